The third kappa shape index (κ3) is 5.60. The Morgan fingerprint density at radius 2 is 1.85 bits per heavy atom. The highest BCUT2D eigenvalue weighted by molar-refractivity contribution is 8.01. The third-order valence-electron chi connectivity index (χ3n) is 5.63. The molecule has 172 valence electrons. The van der Waals surface area contributed by atoms with Gasteiger partial charge in [0.1, 0.15) is 0 Å². The van der Waals surface area contributed by atoms with Crippen LogP contribution in [-0.4, -0.2) is 57.9 Å². The number of piperazine rings is 1. The molecule has 0 saturated carbocycles. The van der Waals surface area contributed by atoms with E-state index >= 15 is 0 Å². The largest absolute Gasteiger partial charge is 0.368 e. The molecule has 0 radical (unpaired) electrons. The Morgan fingerprint density at radius 3 is 2.55 bits per heavy atom. The van der Waals surface area contributed by atoms with Crippen LogP contribution in [0.15, 0.2) is 46.8 Å². The fraction of sp³-hybridized carbons (Fsp3) is 0.318. The third-order valence-corrected chi connectivity index (χ3v) is 7.59. The lowest BCUT2D eigenvalue weighted by atomic mass is 10.1. The number of nitro benzene ring substituents is 1. The number of aryl methyl sites for hydroxylation is 1. The predicted molar refractivity (Wildman–Crippen MR) is 132 cm³/mol. The molecule has 1 saturated heterocycles. The first-order chi connectivity index (χ1) is 15.9. The molecule has 1 amide bonds. The molecule has 0 spiro atoms. The van der Waals surface area contributed by atoms with Gasteiger partial charge in [-0.25, -0.2) is 0 Å². The van der Waals surface area contributed by atoms with E-state index in [2.05, 4.69) is 40.3 Å². The van der Waals surface area contributed by atoms with Gasteiger partial charge in [-0.3, -0.25) is 14.9 Å². The van der Waals surface area contributed by atoms with Gasteiger partial charge in [0.25, 0.3) is 5.69 Å². The van der Waals surface area contributed by atoms with E-state index in [1.807, 2.05) is 17.0 Å². The average molecular weight is 485 g/mol. The van der Waals surface area contributed by atoms with Gasteiger partial charge in [0, 0.05) is 49.7 Å². The van der Waals surface area contributed by atoms with E-state index in [9.17, 15) is 14.9 Å². The number of carbonyl (C=O) groups excluding carboxylic acids is 1. The average Bonchev–Trinajstić information content (AvgIpc) is 3.28. The maximum Gasteiger partial charge on any atom is 0.269 e. The molecule has 3 aromatic rings. The SMILES string of the molecule is Cc1cccc(Nc2nnc(SCC(=O)N3CCN(c4ccc([N+](=O)[O-])cc4)CC3)s2)c1C. The molecule has 0 unspecified atom stereocenters. The minimum absolute atomic E-state index is 0.0718. The monoisotopic (exact) mass is 484 g/mol. The zero-order chi connectivity index (χ0) is 23.4. The van der Waals surface area contributed by atoms with Crippen molar-refractivity contribution in [2.45, 2.75) is 18.2 Å². The zero-order valence-corrected chi connectivity index (χ0v) is 20.0. The number of aromatic nitrogens is 2. The van der Waals surface area contributed by atoms with Crippen molar-refractivity contribution in [1.29, 1.82) is 0 Å². The van der Waals surface area contributed by atoms with Crippen molar-refractivity contribution in [3.63, 3.8) is 0 Å². The number of rotatable bonds is 7. The Bertz CT molecular complexity index is 1140. The fourth-order valence-corrected chi connectivity index (χ4v) is 5.20. The predicted octanol–water partition coefficient (Wildman–Crippen LogP) is 4.25. The Balaban J connectivity index is 1.25. The van der Waals surface area contributed by atoms with Crippen molar-refractivity contribution >= 4 is 51.2 Å². The number of benzene rings is 2. The zero-order valence-electron chi connectivity index (χ0n) is 18.4. The summed E-state index contributed by atoms with van der Waals surface area (Å²) in [6, 6.07) is 12.6. The minimum atomic E-state index is -0.404. The summed E-state index contributed by atoms with van der Waals surface area (Å²) in [4.78, 5) is 27.1. The summed E-state index contributed by atoms with van der Waals surface area (Å²) < 4.78 is 0.751. The van der Waals surface area contributed by atoms with Crippen molar-refractivity contribution in [3.05, 3.63) is 63.7 Å². The normalized spacial score (nSPS) is 13.8. The lowest BCUT2D eigenvalue weighted by Gasteiger charge is -2.36. The molecule has 2 aromatic carbocycles. The molecule has 1 aliphatic heterocycles. The number of nitro groups is 1. The molecule has 33 heavy (non-hydrogen) atoms. The number of thioether (sulfide) groups is 1. The van der Waals surface area contributed by atoms with Crippen molar-refractivity contribution in [3.8, 4) is 0 Å². The van der Waals surface area contributed by atoms with Crippen molar-refractivity contribution in [2.24, 2.45) is 0 Å². The Morgan fingerprint density at radius 1 is 1.12 bits per heavy atom. The Kier molecular flexibility index (Phi) is 7.09. The molecule has 11 heteroatoms. The summed E-state index contributed by atoms with van der Waals surface area (Å²) in [5, 5.41) is 23.2. The lowest BCUT2D eigenvalue weighted by molar-refractivity contribution is -0.384. The summed E-state index contributed by atoms with van der Waals surface area (Å²) >= 11 is 2.83. The van der Waals surface area contributed by atoms with Gasteiger partial charge in [0.05, 0.1) is 10.7 Å². The number of hydrogen-bond acceptors (Lipinski definition) is 9. The molecule has 0 atom stereocenters. The molecule has 1 N–H and O–H groups in total. The highest BCUT2D eigenvalue weighted by atomic mass is 32.2. The Hall–Kier alpha value is -3.18. The molecule has 0 aliphatic carbocycles. The van der Waals surface area contributed by atoms with Crippen LogP contribution in [0.3, 0.4) is 0 Å². The first kappa shape index (κ1) is 23.0. The first-order valence-corrected chi connectivity index (χ1v) is 12.3. The molecule has 4 rings (SSSR count). The van der Waals surface area contributed by atoms with Crippen LogP contribution < -0.4 is 10.2 Å². The molecular formula is C22H24N6O3S2. The molecular weight excluding hydrogens is 460 g/mol. The van der Waals surface area contributed by atoms with E-state index in [0.717, 1.165) is 15.7 Å². The topological polar surface area (TPSA) is 104 Å². The van der Waals surface area contributed by atoms with E-state index in [0.29, 0.717) is 37.1 Å². The summed E-state index contributed by atoms with van der Waals surface area (Å²) in [6.07, 6.45) is 0. The second-order valence-electron chi connectivity index (χ2n) is 7.68. The van der Waals surface area contributed by atoms with E-state index in [1.165, 1.54) is 46.4 Å². The van der Waals surface area contributed by atoms with Crippen LogP contribution in [0.1, 0.15) is 11.1 Å². The van der Waals surface area contributed by atoms with Crippen LogP contribution >= 0.6 is 23.1 Å². The number of hydrogen-bond donors (Lipinski definition) is 1. The van der Waals surface area contributed by atoms with E-state index < -0.39 is 4.92 Å². The molecule has 1 aromatic heterocycles. The van der Waals surface area contributed by atoms with Crippen LogP contribution in [0.2, 0.25) is 0 Å². The summed E-state index contributed by atoms with van der Waals surface area (Å²) in [6.45, 7) is 6.75. The maximum atomic E-state index is 12.7. The quantitative estimate of drug-likeness (QED) is 0.302. The van der Waals surface area contributed by atoms with Crippen LogP contribution in [0.25, 0.3) is 0 Å². The fourth-order valence-electron chi connectivity index (χ4n) is 3.53. The van der Waals surface area contributed by atoms with Crippen LogP contribution in [0, 0.1) is 24.0 Å². The number of nitrogens with zero attached hydrogens (tertiary/aromatic N) is 5. The second-order valence-corrected chi connectivity index (χ2v) is 9.88. The number of nitrogens with one attached hydrogen (secondary N) is 1. The number of amides is 1. The first-order valence-electron chi connectivity index (χ1n) is 10.5. The summed E-state index contributed by atoms with van der Waals surface area (Å²) in [5.74, 6) is 0.387. The number of non-ortho nitro benzene ring substituents is 1. The summed E-state index contributed by atoms with van der Waals surface area (Å²) in [7, 11) is 0. The van der Waals surface area contributed by atoms with Crippen LogP contribution in [0.5, 0.6) is 0 Å². The van der Waals surface area contributed by atoms with Crippen molar-refractivity contribution in [2.75, 3.05) is 42.1 Å². The van der Waals surface area contributed by atoms with Crippen LogP contribution in [-0.2, 0) is 4.79 Å². The van der Waals surface area contributed by atoms with Gasteiger partial charge in [-0.2, -0.15) is 0 Å². The van der Waals surface area contributed by atoms with Gasteiger partial charge in [-0.05, 0) is 43.2 Å². The second kappa shape index (κ2) is 10.2. The van der Waals surface area contributed by atoms with Gasteiger partial charge in [-0.1, -0.05) is 35.2 Å². The molecule has 9 nitrogen and oxygen atoms in total. The van der Waals surface area contributed by atoms with Gasteiger partial charge in [0.2, 0.25) is 11.0 Å². The summed E-state index contributed by atoms with van der Waals surface area (Å²) in [5.41, 5.74) is 4.39. The maximum absolute atomic E-state index is 12.7. The van der Waals surface area contributed by atoms with Gasteiger partial charge >= 0.3 is 0 Å². The molecule has 1 fully saturated rings. The van der Waals surface area contributed by atoms with E-state index in [1.54, 1.807) is 12.1 Å². The minimum Gasteiger partial charge on any atom is -0.368 e. The standard InChI is InChI=1S/C22H24N6O3S2/c1-15-4-3-5-19(16(15)2)23-21-24-25-22(33-21)32-14-20(29)27-12-10-26(11-13-27)17-6-8-18(9-7-17)28(30)31/h3-9H,10-14H2,1-2H3,(H,23,24). The highest BCUT2D eigenvalue weighted by Gasteiger charge is 2.22. The molecule has 2 heterocycles. The van der Waals surface area contributed by atoms with Gasteiger partial charge in [0.15, 0.2) is 4.34 Å². The van der Waals surface area contributed by atoms with Crippen LogP contribution in [0.4, 0.5) is 22.2 Å². The van der Waals surface area contributed by atoms with Gasteiger partial charge < -0.3 is 15.1 Å². The number of carbonyl (C=O) groups is 1. The van der Waals surface area contributed by atoms with Crippen molar-refractivity contribution < 1.29 is 9.72 Å². The van der Waals surface area contributed by atoms with Gasteiger partial charge in [-0.15, -0.1) is 10.2 Å². The lowest BCUT2D eigenvalue weighted by Crippen LogP contribution is -2.49. The smallest absolute Gasteiger partial charge is 0.269 e. The molecule has 0 bridgehead atoms. The van der Waals surface area contributed by atoms with Crippen molar-refractivity contribution in [1.82, 2.24) is 15.1 Å². The Labute approximate surface area is 200 Å². The molecule has 1 aliphatic rings. The van der Waals surface area contributed by atoms with E-state index in [4.69, 9.17) is 0 Å². The highest BCUT2D eigenvalue weighted by Crippen LogP contribution is 2.30. The number of anilines is 3. The van der Waals surface area contributed by atoms with E-state index in [-0.39, 0.29) is 11.6 Å².